The highest BCUT2D eigenvalue weighted by molar-refractivity contribution is 5.73. The van der Waals surface area contributed by atoms with E-state index in [2.05, 4.69) is 5.32 Å². The fraction of sp³-hybridized carbons (Fsp3) is 0.462. The third-order valence-electron chi connectivity index (χ3n) is 2.86. The van der Waals surface area contributed by atoms with Crippen molar-refractivity contribution in [3.05, 3.63) is 35.6 Å². The minimum absolute atomic E-state index is 0.00379. The molecule has 0 aliphatic rings. The van der Waals surface area contributed by atoms with Crippen LogP contribution in [-0.2, 0) is 4.79 Å². The first-order valence-electron chi connectivity index (χ1n) is 5.77. The molecule has 1 atom stereocenters. The first kappa shape index (κ1) is 13.6. The lowest BCUT2D eigenvalue weighted by Gasteiger charge is -2.26. The average molecular weight is 238 g/mol. The molecule has 1 rings (SSSR count). The number of rotatable bonds is 5. The van der Waals surface area contributed by atoms with Crippen LogP contribution >= 0.6 is 0 Å². The van der Waals surface area contributed by atoms with E-state index in [1.165, 1.54) is 13.0 Å². The van der Waals surface area contributed by atoms with E-state index in [4.69, 9.17) is 0 Å². The normalized spacial score (nSPS) is 12.2. The van der Waals surface area contributed by atoms with Crippen molar-refractivity contribution >= 4 is 5.91 Å². The van der Waals surface area contributed by atoms with E-state index in [0.717, 1.165) is 0 Å². The van der Waals surface area contributed by atoms with Gasteiger partial charge in [-0.2, -0.15) is 0 Å². The zero-order valence-electron chi connectivity index (χ0n) is 10.5. The summed E-state index contributed by atoms with van der Waals surface area (Å²) >= 11 is 0. The van der Waals surface area contributed by atoms with Gasteiger partial charge in [0.1, 0.15) is 5.82 Å². The van der Waals surface area contributed by atoms with Crippen molar-refractivity contribution in [2.75, 3.05) is 20.1 Å². The largest absolute Gasteiger partial charge is 0.341 e. The first-order valence-corrected chi connectivity index (χ1v) is 5.77. The molecule has 1 aromatic rings. The van der Waals surface area contributed by atoms with Crippen molar-refractivity contribution in [1.29, 1.82) is 0 Å². The smallest absolute Gasteiger partial charge is 0.219 e. The second kappa shape index (κ2) is 6.35. The van der Waals surface area contributed by atoms with E-state index < -0.39 is 0 Å². The Balaban J connectivity index is 2.85. The van der Waals surface area contributed by atoms with Crippen LogP contribution in [0.3, 0.4) is 0 Å². The predicted molar refractivity (Wildman–Crippen MR) is 66.1 cm³/mol. The Labute approximate surface area is 102 Å². The summed E-state index contributed by atoms with van der Waals surface area (Å²) in [5.41, 5.74) is 0.592. The number of benzene rings is 1. The van der Waals surface area contributed by atoms with Crippen LogP contribution < -0.4 is 5.32 Å². The van der Waals surface area contributed by atoms with Crippen molar-refractivity contribution in [3.63, 3.8) is 0 Å². The lowest BCUT2D eigenvalue weighted by atomic mass is 10.1. The summed E-state index contributed by atoms with van der Waals surface area (Å²) in [4.78, 5) is 13.0. The van der Waals surface area contributed by atoms with Crippen LogP contribution in [0, 0.1) is 5.82 Å². The molecule has 1 N–H and O–H groups in total. The topological polar surface area (TPSA) is 32.3 Å². The molecule has 17 heavy (non-hydrogen) atoms. The zero-order valence-corrected chi connectivity index (χ0v) is 10.5. The summed E-state index contributed by atoms with van der Waals surface area (Å²) in [7, 11) is 1.77. The molecule has 0 aliphatic carbocycles. The second-order valence-electron chi connectivity index (χ2n) is 3.92. The number of hydrogen-bond donors (Lipinski definition) is 1. The molecule has 0 aliphatic heterocycles. The first-order chi connectivity index (χ1) is 8.10. The van der Waals surface area contributed by atoms with E-state index in [1.54, 1.807) is 30.1 Å². The molecule has 0 bridgehead atoms. The van der Waals surface area contributed by atoms with Crippen LogP contribution in [0.25, 0.3) is 0 Å². The van der Waals surface area contributed by atoms with Gasteiger partial charge in [-0.1, -0.05) is 18.2 Å². The van der Waals surface area contributed by atoms with Crippen LogP contribution in [0.15, 0.2) is 24.3 Å². The molecule has 0 fully saturated rings. The van der Waals surface area contributed by atoms with E-state index in [9.17, 15) is 9.18 Å². The minimum atomic E-state index is -0.244. The SMILES string of the molecule is CCN(CC(NC)c1ccccc1F)C(C)=O. The maximum absolute atomic E-state index is 13.6. The maximum Gasteiger partial charge on any atom is 0.219 e. The summed E-state index contributed by atoms with van der Waals surface area (Å²) < 4.78 is 13.6. The molecule has 0 aromatic heterocycles. The molecule has 0 saturated heterocycles. The quantitative estimate of drug-likeness (QED) is 0.850. The standard InChI is InChI=1S/C13H19FN2O/c1-4-16(10(2)17)9-13(15-3)11-7-5-6-8-12(11)14/h5-8,13,15H,4,9H2,1-3H3. The van der Waals surface area contributed by atoms with Crippen molar-refractivity contribution in [3.8, 4) is 0 Å². The van der Waals surface area contributed by atoms with Crippen molar-refractivity contribution in [2.45, 2.75) is 19.9 Å². The number of likely N-dealkylation sites (N-methyl/N-ethyl adjacent to an activating group) is 2. The molecule has 0 heterocycles. The summed E-state index contributed by atoms with van der Waals surface area (Å²) in [6, 6.07) is 6.45. The molecule has 1 amide bonds. The van der Waals surface area contributed by atoms with Gasteiger partial charge < -0.3 is 10.2 Å². The Hall–Kier alpha value is -1.42. The molecular weight excluding hydrogens is 219 g/mol. The van der Waals surface area contributed by atoms with Gasteiger partial charge in [0.05, 0.1) is 6.04 Å². The maximum atomic E-state index is 13.6. The number of nitrogens with zero attached hydrogens (tertiary/aromatic N) is 1. The van der Waals surface area contributed by atoms with Gasteiger partial charge in [0.2, 0.25) is 5.91 Å². The number of carbonyl (C=O) groups excluding carboxylic acids is 1. The molecular formula is C13H19FN2O. The van der Waals surface area contributed by atoms with Crippen LogP contribution in [0.4, 0.5) is 4.39 Å². The second-order valence-corrected chi connectivity index (χ2v) is 3.92. The van der Waals surface area contributed by atoms with Crippen molar-refractivity contribution in [2.24, 2.45) is 0 Å². The van der Waals surface area contributed by atoms with E-state index in [0.29, 0.717) is 18.7 Å². The average Bonchev–Trinajstić information content (AvgIpc) is 2.31. The van der Waals surface area contributed by atoms with Gasteiger partial charge in [0.25, 0.3) is 0 Å². The summed E-state index contributed by atoms with van der Waals surface area (Å²) in [6.45, 7) is 4.54. The molecule has 0 spiro atoms. The zero-order chi connectivity index (χ0) is 12.8. The highest BCUT2D eigenvalue weighted by Crippen LogP contribution is 2.17. The molecule has 4 heteroatoms. The third kappa shape index (κ3) is 3.53. The van der Waals surface area contributed by atoms with Gasteiger partial charge in [0, 0.05) is 25.6 Å². The van der Waals surface area contributed by atoms with Gasteiger partial charge in [0.15, 0.2) is 0 Å². The number of hydrogen-bond acceptors (Lipinski definition) is 2. The predicted octanol–water partition coefficient (Wildman–Crippen LogP) is 1.95. The van der Waals surface area contributed by atoms with Gasteiger partial charge in [-0.15, -0.1) is 0 Å². The highest BCUT2D eigenvalue weighted by atomic mass is 19.1. The summed E-state index contributed by atoms with van der Waals surface area (Å²) in [5.74, 6) is -0.240. The number of amides is 1. The molecule has 0 radical (unpaired) electrons. The number of halogens is 1. The molecule has 1 unspecified atom stereocenters. The van der Waals surface area contributed by atoms with Crippen molar-refractivity contribution in [1.82, 2.24) is 10.2 Å². The molecule has 3 nitrogen and oxygen atoms in total. The van der Waals surface area contributed by atoms with Crippen LogP contribution in [0.1, 0.15) is 25.5 Å². The van der Waals surface area contributed by atoms with Gasteiger partial charge in [-0.25, -0.2) is 4.39 Å². The van der Waals surface area contributed by atoms with E-state index >= 15 is 0 Å². The summed E-state index contributed by atoms with van der Waals surface area (Å²) in [5, 5.41) is 3.04. The monoisotopic (exact) mass is 238 g/mol. The van der Waals surface area contributed by atoms with Crippen LogP contribution in [0.5, 0.6) is 0 Å². The highest BCUT2D eigenvalue weighted by Gasteiger charge is 2.17. The Morgan fingerprint density at radius 3 is 2.59 bits per heavy atom. The van der Waals surface area contributed by atoms with Gasteiger partial charge in [-0.05, 0) is 20.0 Å². The fourth-order valence-electron chi connectivity index (χ4n) is 1.80. The minimum Gasteiger partial charge on any atom is -0.341 e. The Morgan fingerprint density at radius 1 is 1.47 bits per heavy atom. The lowest BCUT2D eigenvalue weighted by molar-refractivity contribution is -0.129. The molecule has 1 aromatic carbocycles. The van der Waals surface area contributed by atoms with Crippen molar-refractivity contribution < 1.29 is 9.18 Å². The Kier molecular flexibility index (Phi) is 5.10. The summed E-state index contributed by atoms with van der Waals surface area (Å²) in [6.07, 6.45) is 0. The number of carbonyl (C=O) groups is 1. The van der Waals surface area contributed by atoms with Crippen LogP contribution in [-0.4, -0.2) is 30.9 Å². The Bertz CT molecular complexity index is 381. The number of nitrogens with one attached hydrogen (secondary N) is 1. The van der Waals surface area contributed by atoms with E-state index in [1.807, 2.05) is 6.92 Å². The third-order valence-corrected chi connectivity index (χ3v) is 2.86. The fourth-order valence-corrected chi connectivity index (χ4v) is 1.80. The van der Waals surface area contributed by atoms with E-state index in [-0.39, 0.29) is 17.8 Å². The lowest BCUT2D eigenvalue weighted by Crippen LogP contribution is -2.37. The van der Waals surface area contributed by atoms with Gasteiger partial charge >= 0.3 is 0 Å². The van der Waals surface area contributed by atoms with Gasteiger partial charge in [-0.3, -0.25) is 4.79 Å². The molecule has 94 valence electrons. The van der Waals surface area contributed by atoms with Crippen LogP contribution in [0.2, 0.25) is 0 Å². The molecule has 0 saturated carbocycles. The Morgan fingerprint density at radius 2 is 2.12 bits per heavy atom.